The first-order valence-corrected chi connectivity index (χ1v) is 5.41. The van der Waals surface area contributed by atoms with E-state index in [0.29, 0.717) is 17.7 Å². The van der Waals surface area contributed by atoms with Crippen molar-refractivity contribution >= 4 is 11.7 Å². The largest absolute Gasteiger partial charge is 0.496 e. The van der Waals surface area contributed by atoms with Crippen LogP contribution in [0, 0.1) is 0 Å². The summed E-state index contributed by atoms with van der Waals surface area (Å²) in [5.74, 6) is 0.0908. The zero-order valence-electron chi connectivity index (χ0n) is 10.2. The molecular weight excluding hydrogens is 220 g/mol. The normalized spacial score (nSPS) is 11.7. The Kier molecular flexibility index (Phi) is 4.63. The second-order valence-electron chi connectivity index (χ2n) is 3.58. The average Bonchev–Trinajstić information content (AvgIpc) is 2.37. The molecule has 1 aromatic heterocycles. The second-order valence-corrected chi connectivity index (χ2v) is 3.58. The van der Waals surface area contributed by atoms with E-state index in [0.717, 1.165) is 0 Å². The fourth-order valence-corrected chi connectivity index (χ4v) is 1.39. The van der Waals surface area contributed by atoms with Crippen LogP contribution in [-0.4, -0.2) is 29.8 Å². The van der Waals surface area contributed by atoms with Gasteiger partial charge >= 0.3 is 0 Å². The highest BCUT2D eigenvalue weighted by Crippen LogP contribution is 2.17. The lowest BCUT2D eigenvalue weighted by Crippen LogP contribution is -2.38. The minimum atomic E-state index is -0.583. The average molecular weight is 236 g/mol. The highest BCUT2D eigenvalue weighted by molar-refractivity contribution is 6.03. The third kappa shape index (κ3) is 3.27. The monoisotopic (exact) mass is 236 g/mol. The molecule has 0 spiro atoms. The molecule has 0 fully saturated rings. The van der Waals surface area contributed by atoms with Crippen molar-refractivity contribution in [2.24, 2.45) is 0 Å². The standard InChI is InChI=1S/C12H16N2O3/c1-4-11(15)14-8(2)12(16)9-7-13-6-5-10(9)17-3/h5-8H,4H2,1-3H3,(H,14,15)/t8-/m0/s1. The number of hydrogen-bond acceptors (Lipinski definition) is 4. The van der Waals surface area contributed by atoms with E-state index >= 15 is 0 Å². The summed E-state index contributed by atoms with van der Waals surface area (Å²) in [6.45, 7) is 3.37. The molecule has 17 heavy (non-hydrogen) atoms. The van der Waals surface area contributed by atoms with Gasteiger partial charge in [0.1, 0.15) is 5.75 Å². The highest BCUT2D eigenvalue weighted by atomic mass is 16.5. The van der Waals surface area contributed by atoms with E-state index in [1.54, 1.807) is 26.1 Å². The molecule has 1 atom stereocenters. The van der Waals surface area contributed by atoms with Gasteiger partial charge in [-0.15, -0.1) is 0 Å². The van der Waals surface area contributed by atoms with Gasteiger partial charge in [-0.2, -0.15) is 0 Å². The van der Waals surface area contributed by atoms with Crippen LogP contribution >= 0.6 is 0 Å². The van der Waals surface area contributed by atoms with Crippen molar-refractivity contribution in [3.05, 3.63) is 24.0 Å². The Hall–Kier alpha value is -1.91. The van der Waals surface area contributed by atoms with E-state index in [9.17, 15) is 9.59 Å². The molecule has 0 saturated heterocycles. The number of methoxy groups -OCH3 is 1. The Balaban J connectivity index is 2.85. The Morgan fingerprint density at radius 2 is 2.24 bits per heavy atom. The first-order valence-electron chi connectivity index (χ1n) is 5.41. The van der Waals surface area contributed by atoms with E-state index in [1.165, 1.54) is 13.3 Å². The van der Waals surface area contributed by atoms with Crippen molar-refractivity contribution in [2.45, 2.75) is 26.3 Å². The van der Waals surface area contributed by atoms with Gasteiger partial charge in [-0.25, -0.2) is 0 Å². The summed E-state index contributed by atoms with van der Waals surface area (Å²) in [5.41, 5.74) is 0.374. The van der Waals surface area contributed by atoms with Crippen LogP contribution in [0.15, 0.2) is 18.5 Å². The molecule has 0 unspecified atom stereocenters. The summed E-state index contributed by atoms with van der Waals surface area (Å²) < 4.78 is 5.07. The number of ketones is 1. The minimum absolute atomic E-state index is 0.159. The van der Waals surface area contributed by atoms with Crippen molar-refractivity contribution in [3.8, 4) is 5.75 Å². The second kappa shape index (κ2) is 5.98. The molecule has 1 N–H and O–H groups in total. The van der Waals surface area contributed by atoms with Crippen molar-refractivity contribution in [1.29, 1.82) is 0 Å². The van der Waals surface area contributed by atoms with Crippen LogP contribution in [0.4, 0.5) is 0 Å². The molecule has 0 aliphatic heterocycles. The molecule has 0 saturated carbocycles. The van der Waals surface area contributed by atoms with Gasteiger partial charge in [0.05, 0.1) is 18.7 Å². The maximum absolute atomic E-state index is 12.0. The first kappa shape index (κ1) is 13.2. The summed E-state index contributed by atoms with van der Waals surface area (Å²) in [4.78, 5) is 27.1. The molecular formula is C12H16N2O3. The van der Waals surface area contributed by atoms with Crippen molar-refractivity contribution < 1.29 is 14.3 Å². The summed E-state index contributed by atoms with van der Waals surface area (Å²) >= 11 is 0. The zero-order valence-corrected chi connectivity index (χ0v) is 10.2. The smallest absolute Gasteiger partial charge is 0.220 e. The number of Topliss-reactive ketones (excluding diaryl/α,β-unsaturated/α-hetero) is 1. The van der Waals surface area contributed by atoms with Crippen molar-refractivity contribution in [2.75, 3.05) is 7.11 Å². The number of hydrogen-bond donors (Lipinski definition) is 1. The maximum atomic E-state index is 12.0. The number of amides is 1. The Morgan fingerprint density at radius 3 is 2.82 bits per heavy atom. The Morgan fingerprint density at radius 1 is 1.53 bits per heavy atom. The number of ether oxygens (including phenoxy) is 1. The molecule has 0 radical (unpaired) electrons. The Bertz CT molecular complexity index is 418. The third-order valence-electron chi connectivity index (χ3n) is 2.36. The van der Waals surface area contributed by atoms with Gasteiger partial charge in [-0.3, -0.25) is 14.6 Å². The summed E-state index contributed by atoms with van der Waals surface area (Å²) in [5, 5.41) is 2.61. The van der Waals surface area contributed by atoms with Crippen LogP contribution < -0.4 is 10.1 Å². The number of carbonyl (C=O) groups is 2. The quantitative estimate of drug-likeness (QED) is 0.780. The topological polar surface area (TPSA) is 68.3 Å². The highest BCUT2D eigenvalue weighted by Gasteiger charge is 2.20. The van der Waals surface area contributed by atoms with Gasteiger partial charge in [-0.1, -0.05) is 6.92 Å². The van der Waals surface area contributed by atoms with Gasteiger partial charge in [0.15, 0.2) is 5.78 Å². The lowest BCUT2D eigenvalue weighted by Gasteiger charge is -2.13. The number of nitrogens with zero attached hydrogens (tertiary/aromatic N) is 1. The van der Waals surface area contributed by atoms with Crippen molar-refractivity contribution in [1.82, 2.24) is 10.3 Å². The van der Waals surface area contributed by atoms with Gasteiger partial charge in [-0.05, 0) is 13.0 Å². The number of nitrogens with one attached hydrogen (secondary N) is 1. The van der Waals surface area contributed by atoms with Gasteiger partial charge in [0, 0.05) is 18.8 Å². The van der Waals surface area contributed by atoms with Crippen molar-refractivity contribution in [3.63, 3.8) is 0 Å². The molecule has 1 heterocycles. The maximum Gasteiger partial charge on any atom is 0.220 e. The van der Waals surface area contributed by atoms with Crippen LogP contribution in [0.25, 0.3) is 0 Å². The third-order valence-corrected chi connectivity index (χ3v) is 2.36. The number of pyridine rings is 1. The van der Waals surface area contributed by atoms with E-state index in [2.05, 4.69) is 10.3 Å². The Labute approximate surface area is 100 Å². The molecule has 92 valence electrons. The zero-order chi connectivity index (χ0) is 12.8. The minimum Gasteiger partial charge on any atom is -0.496 e. The van der Waals surface area contributed by atoms with Crippen LogP contribution in [0.3, 0.4) is 0 Å². The molecule has 1 amide bonds. The van der Waals surface area contributed by atoms with Crippen LogP contribution in [-0.2, 0) is 4.79 Å². The van der Waals surface area contributed by atoms with Crippen LogP contribution in [0.1, 0.15) is 30.6 Å². The van der Waals surface area contributed by atoms with Gasteiger partial charge < -0.3 is 10.1 Å². The van der Waals surface area contributed by atoms with Crippen LogP contribution in [0.5, 0.6) is 5.75 Å². The molecule has 0 bridgehead atoms. The molecule has 5 nitrogen and oxygen atoms in total. The predicted octanol–water partition coefficient (Wildman–Crippen LogP) is 1.19. The van der Waals surface area contributed by atoms with E-state index in [4.69, 9.17) is 4.74 Å². The molecule has 0 aromatic carbocycles. The molecule has 5 heteroatoms. The fraction of sp³-hybridized carbons (Fsp3) is 0.417. The molecule has 0 aliphatic rings. The van der Waals surface area contributed by atoms with E-state index in [1.807, 2.05) is 0 Å². The summed E-state index contributed by atoms with van der Waals surface area (Å²) in [7, 11) is 1.49. The van der Waals surface area contributed by atoms with E-state index < -0.39 is 6.04 Å². The number of rotatable bonds is 5. The summed E-state index contributed by atoms with van der Waals surface area (Å²) in [6, 6.07) is 1.03. The van der Waals surface area contributed by atoms with Gasteiger partial charge in [0.2, 0.25) is 5.91 Å². The molecule has 0 aliphatic carbocycles. The molecule has 1 rings (SSSR count). The lowest BCUT2D eigenvalue weighted by atomic mass is 10.1. The van der Waals surface area contributed by atoms with E-state index in [-0.39, 0.29) is 11.7 Å². The summed E-state index contributed by atoms with van der Waals surface area (Å²) in [6.07, 6.45) is 3.34. The molecule has 1 aromatic rings. The lowest BCUT2D eigenvalue weighted by molar-refractivity contribution is -0.121. The van der Waals surface area contributed by atoms with Gasteiger partial charge in [0.25, 0.3) is 0 Å². The SMILES string of the molecule is CCC(=O)N[C@@H](C)C(=O)c1cnccc1OC. The van der Waals surface area contributed by atoms with Crippen LogP contribution in [0.2, 0.25) is 0 Å². The fourth-order valence-electron chi connectivity index (χ4n) is 1.39. The predicted molar refractivity (Wildman–Crippen MR) is 63.0 cm³/mol. The first-order chi connectivity index (χ1) is 8.10. The number of carbonyl (C=O) groups excluding carboxylic acids is 2. The number of aromatic nitrogens is 1.